The Morgan fingerprint density at radius 1 is 1.29 bits per heavy atom. The summed E-state index contributed by atoms with van der Waals surface area (Å²) in [5, 5.41) is 7.06. The van der Waals surface area contributed by atoms with Crippen LogP contribution in [0.5, 0.6) is 0 Å². The van der Waals surface area contributed by atoms with Crippen molar-refractivity contribution in [1.82, 2.24) is 15.2 Å². The molecule has 3 N–H and O–H groups in total. The predicted octanol–water partition coefficient (Wildman–Crippen LogP) is 1.66. The number of H-pyrrole nitrogens is 1. The van der Waals surface area contributed by atoms with Gasteiger partial charge in [0.25, 0.3) is 0 Å². The SMILES string of the molecule is CC(C)Cc1nc([C@H](N)C(C)C)n[nH]1. The van der Waals surface area contributed by atoms with Gasteiger partial charge >= 0.3 is 0 Å². The summed E-state index contributed by atoms with van der Waals surface area (Å²) >= 11 is 0. The second-order valence-corrected chi connectivity index (χ2v) is 4.51. The number of hydrogen-bond donors (Lipinski definition) is 2. The number of aromatic amines is 1. The summed E-state index contributed by atoms with van der Waals surface area (Å²) in [4.78, 5) is 4.38. The van der Waals surface area contributed by atoms with Crippen LogP contribution in [-0.4, -0.2) is 15.2 Å². The molecule has 1 heterocycles. The van der Waals surface area contributed by atoms with E-state index in [1.54, 1.807) is 0 Å². The molecule has 1 rings (SSSR count). The molecule has 0 fully saturated rings. The maximum Gasteiger partial charge on any atom is 0.167 e. The van der Waals surface area contributed by atoms with Gasteiger partial charge in [-0.1, -0.05) is 27.7 Å². The largest absolute Gasteiger partial charge is 0.321 e. The molecule has 14 heavy (non-hydrogen) atoms. The number of nitrogens with one attached hydrogen (secondary N) is 1. The molecule has 4 nitrogen and oxygen atoms in total. The minimum Gasteiger partial charge on any atom is -0.321 e. The monoisotopic (exact) mass is 196 g/mol. The lowest BCUT2D eigenvalue weighted by molar-refractivity contribution is 0.491. The van der Waals surface area contributed by atoms with Gasteiger partial charge < -0.3 is 5.73 Å². The lowest BCUT2D eigenvalue weighted by Crippen LogP contribution is -2.18. The minimum atomic E-state index is -0.0628. The Morgan fingerprint density at radius 3 is 2.43 bits per heavy atom. The average Bonchev–Trinajstić information content (AvgIpc) is 2.50. The molecule has 80 valence electrons. The highest BCUT2D eigenvalue weighted by atomic mass is 15.2. The summed E-state index contributed by atoms with van der Waals surface area (Å²) in [6.07, 6.45) is 0.928. The molecule has 0 bridgehead atoms. The Kier molecular flexibility index (Phi) is 3.63. The van der Waals surface area contributed by atoms with Crippen molar-refractivity contribution < 1.29 is 0 Å². The molecule has 0 saturated carbocycles. The Morgan fingerprint density at radius 2 is 1.93 bits per heavy atom. The van der Waals surface area contributed by atoms with E-state index < -0.39 is 0 Å². The van der Waals surface area contributed by atoms with Crippen LogP contribution in [0.3, 0.4) is 0 Å². The standard InChI is InChI=1S/C10H20N4/c1-6(2)5-8-12-10(14-13-8)9(11)7(3)4/h6-7,9H,5,11H2,1-4H3,(H,12,13,14)/t9-/m1/s1. The number of nitrogens with two attached hydrogens (primary N) is 1. The van der Waals surface area contributed by atoms with Crippen molar-refractivity contribution in [3.05, 3.63) is 11.6 Å². The minimum absolute atomic E-state index is 0.0628. The Labute approximate surface area is 85.3 Å². The van der Waals surface area contributed by atoms with Crippen molar-refractivity contribution in [2.24, 2.45) is 17.6 Å². The third-order valence-electron chi connectivity index (χ3n) is 2.17. The van der Waals surface area contributed by atoms with Gasteiger partial charge in [0.05, 0.1) is 6.04 Å². The molecule has 0 aliphatic carbocycles. The first-order chi connectivity index (χ1) is 6.50. The first-order valence-electron chi connectivity index (χ1n) is 5.17. The average molecular weight is 196 g/mol. The van der Waals surface area contributed by atoms with Crippen molar-refractivity contribution in [1.29, 1.82) is 0 Å². The number of aromatic nitrogens is 3. The lowest BCUT2D eigenvalue weighted by Gasteiger charge is -2.10. The van der Waals surface area contributed by atoms with Crippen LogP contribution >= 0.6 is 0 Å². The second-order valence-electron chi connectivity index (χ2n) is 4.51. The van der Waals surface area contributed by atoms with Gasteiger partial charge in [-0.05, 0) is 11.8 Å². The molecule has 0 radical (unpaired) electrons. The van der Waals surface area contributed by atoms with Gasteiger partial charge in [-0.3, -0.25) is 5.10 Å². The highest BCUT2D eigenvalue weighted by Gasteiger charge is 2.15. The topological polar surface area (TPSA) is 67.6 Å². The first kappa shape index (κ1) is 11.2. The zero-order valence-corrected chi connectivity index (χ0v) is 9.41. The molecule has 1 atom stereocenters. The van der Waals surface area contributed by atoms with E-state index >= 15 is 0 Å². The quantitative estimate of drug-likeness (QED) is 0.769. The fourth-order valence-corrected chi connectivity index (χ4v) is 1.24. The molecule has 0 aliphatic heterocycles. The summed E-state index contributed by atoms with van der Waals surface area (Å²) in [5.41, 5.74) is 5.94. The van der Waals surface area contributed by atoms with Crippen LogP contribution in [0.25, 0.3) is 0 Å². The highest BCUT2D eigenvalue weighted by molar-refractivity contribution is 4.97. The molecule has 0 aromatic carbocycles. The van der Waals surface area contributed by atoms with Crippen LogP contribution in [0, 0.1) is 11.8 Å². The molecule has 1 aromatic rings. The maximum absolute atomic E-state index is 5.94. The van der Waals surface area contributed by atoms with E-state index in [-0.39, 0.29) is 6.04 Å². The van der Waals surface area contributed by atoms with Crippen LogP contribution in [0.15, 0.2) is 0 Å². The molecule has 0 spiro atoms. The van der Waals surface area contributed by atoms with E-state index in [4.69, 9.17) is 5.73 Å². The van der Waals surface area contributed by atoms with Gasteiger partial charge in [-0.2, -0.15) is 5.10 Å². The fraction of sp³-hybridized carbons (Fsp3) is 0.800. The molecular weight excluding hydrogens is 176 g/mol. The molecule has 4 heteroatoms. The molecule has 0 saturated heterocycles. The van der Waals surface area contributed by atoms with Crippen LogP contribution in [-0.2, 0) is 6.42 Å². The molecule has 1 aromatic heterocycles. The molecular formula is C10H20N4. The normalized spacial score (nSPS) is 13.9. The summed E-state index contributed by atoms with van der Waals surface area (Å²) in [6.45, 7) is 8.46. The number of hydrogen-bond acceptors (Lipinski definition) is 3. The van der Waals surface area contributed by atoms with E-state index in [9.17, 15) is 0 Å². The highest BCUT2D eigenvalue weighted by Crippen LogP contribution is 2.15. The van der Waals surface area contributed by atoms with Crippen molar-refractivity contribution >= 4 is 0 Å². The number of rotatable bonds is 4. The third-order valence-corrected chi connectivity index (χ3v) is 2.17. The smallest absolute Gasteiger partial charge is 0.167 e. The van der Waals surface area contributed by atoms with Crippen molar-refractivity contribution in [2.45, 2.75) is 40.2 Å². The zero-order valence-electron chi connectivity index (χ0n) is 9.41. The van der Waals surface area contributed by atoms with Crippen LogP contribution in [0.1, 0.15) is 45.4 Å². The molecule has 0 amide bonds. The lowest BCUT2D eigenvalue weighted by atomic mass is 10.1. The van der Waals surface area contributed by atoms with E-state index in [0.717, 1.165) is 18.1 Å². The van der Waals surface area contributed by atoms with Gasteiger partial charge in [0, 0.05) is 6.42 Å². The first-order valence-corrected chi connectivity index (χ1v) is 5.17. The summed E-state index contributed by atoms with van der Waals surface area (Å²) in [6, 6.07) is -0.0628. The second kappa shape index (κ2) is 4.55. The fourth-order valence-electron chi connectivity index (χ4n) is 1.24. The number of nitrogens with zero attached hydrogens (tertiary/aromatic N) is 2. The summed E-state index contributed by atoms with van der Waals surface area (Å²) < 4.78 is 0. The van der Waals surface area contributed by atoms with Crippen LogP contribution in [0.4, 0.5) is 0 Å². The van der Waals surface area contributed by atoms with Crippen molar-refractivity contribution in [3.63, 3.8) is 0 Å². The van der Waals surface area contributed by atoms with E-state index in [1.807, 2.05) is 0 Å². The predicted molar refractivity (Wildman–Crippen MR) is 56.7 cm³/mol. The van der Waals surface area contributed by atoms with Crippen molar-refractivity contribution in [2.75, 3.05) is 0 Å². The van der Waals surface area contributed by atoms with E-state index in [1.165, 1.54) is 0 Å². The Bertz CT molecular complexity index is 277. The van der Waals surface area contributed by atoms with Crippen LogP contribution < -0.4 is 5.73 Å². The van der Waals surface area contributed by atoms with Gasteiger partial charge in [-0.25, -0.2) is 4.98 Å². The van der Waals surface area contributed by atoms with Gasteiger partial charge in [0.15, 0.2) is 5.82 Å². The van der Waals surface area contributed by atoms with Gasteiger partial charge in [0.1, 0.15) is 5.82 Å². The molecule has 0 unspecified atom stereocenters. The third kappa shape index (κ3) is 2.80. The Balaban J connectivity index is 2.67. The maximum atomic E-state index is 5.94. The summed E-state index contributed by atoms with van der Waals surface area (Å²) in [5.74, 6) is 2.63. The van der Waals surface area contributed by atoms with E-state index in [0.29, 0.717) is 11.8 Å². The van der Waals surface area contributed by atoms with Gasteiger partial charge in [0.2, 0.25) is 0 Å². The van der Waals surface area contributed by atoms with Crippen LogP contribution in [0.2, 0.25) is 0 Å². The van der Waals surface area contributed by atoms with Gasteiger partial charge in [-0.15, -0.1) is 0 Å². The summed E-state index contributed by atoms with van der Waals surface area (Å²) in [7, 11) is 0. The zero-order chi connectivity index (χ0) is 10.7. The van der Waals surface area contributed by atoms with Crippen molar-refractivity contribution in [3.8, 4) is 0 Å². The molecule has 0 aliphatic rings. The Hall–Kier alpha value is -0.900. The van der Waals surface area contributed by atoms with E-state index in [2.05, 4.69) is 42.9 Å².